The number of Topliss-reactive ketones (excluding diaryl/α,β-unsaturated/α-hetero) is 1. The maximum atomic E-state index is 11.7. The van der Waals surface area contributed by atoms with E-state index in [0.717, 1.165) is 11.5 Å². The molecule has 0 spiro atoms. The zero-order chi connectivity index (χ0) is 10.2. The first kappa shape index (κ1) is 11.0. The third-order valence-electron chi connectivity index (χ3n) is 1.48. The quantitative estimate of drug-likeness (QED) is 0.698. The van der Waals surface area contributed by atoms with Crippen LogP contribution in [0.3, 0.4) is 0 Å². The van der Waals surface area contributed by atoms with Gasteiger partial charge in [-0.1, -0.05) is 44.0 Å². The summed E-state index contributed by atoms with van der Waals surface area (Å²) in [7, 11) is 0. The van der Waals surface area contributed by atoms with Crippen LogP contribution in [-0.4, -0.2) is 10.2 Å². The van der Waals surface area contributed by atoms with Crippen molar-refractivity contribution in [2.24, 2.45) is 5.41 Å². The molecule has 0 radical (unpaired) electrons. The number of rotatable bonds is 1. The van der Waals surface area contributed by atoms with Crippen LogP contribution >= 0.6 is 34.7 Å². The molecule has 1 heterocycles. The van der Waals surface area contributed by atoms with Crippen LogP contribution in [0.1, 0.15) is 30.4 Å². The molecular weight excluding hydrogens is 229 g/mol. The number of hydrogen-bond acceptors (Lipinski definition) is 3. The third-order valence-corrected chi connectivity index (χ3v) is 3.28. The lowest BCUT2D eigenvalue weighted by molar-refractivity contribution is 0.0863. The van der Waals surface area contributed by atoms with Crippen molar-refractivity contribution in [2.45, 2.75) is 20.8 Å². The van der Waals surface area contributed by atoms with Gasteiger partial charge in [0.25, 0.3) is 0 Å². The lowest BCUT2D eigenvalue weighted by Gasteiger charge is -2.14. The zero-order valence-corrected chi connectivity index (χ0v) is 9.85. The Kier molecular flexibility index (Phi) is 3.00. The van der Waals surface area contributed by atoms with E-state index in [0.29, 0.717) is 4.88 Å². The molecule has 72 valence electrons. The van der Waals surface area contributed by atoms with E-state index in [2.05, 4.69) is 4.37 Å². The molecule has 13 heavy (non-hydrogen) atoms. The van der Waals surface area contributed by atoms with E-state index in [1.165, 1.54) is 0 Å². The number of hydrogen-bond donors (Lipinski definition) is 0. The highest BCUT2D eigenvalue weighted by Gasteiger charge is 2.27. The molecule has 0 unspecified atom stereocenters. The molecule has 1 aromatic heterocycles. The standard InChI is InChI=1S/C8H9Cl2NOS/c1-8(2,3)6(12)5-4(9)7(10)11-13-5/h1-3H3. The van der Waals surface area contributed by atoms with E-state index >= 15 is 0 Å². The number of carbonyl (C=O) groups is 1. The van der Waals surface area contributed by atoms with E-state index in [1.54, 1.807) is 0 Å². The molecule has 0 saturated carbocycles. The average molecular weight is 238 g/mol. The predicted octanol–water partition coefficient (Wildman–Crippen LogP) is 3.68. The van der Waals surface area contributed by atoms with Gasteiger partial charge in [-0.25, -0.2) is 0 Å². The minimum absolute atomic E-state index is 0.0260. The van der Waals surface area contributed by atoms with Crippen molar-refractivity contribution >= 4 is 40.5 Å². The Balaban J connectivity index is 3.10. The van der Waals surface area contributed by atoms with Gasteiger partial charge >= 0.3 is 0 Å². The summed E-state index contributed by atoms with van der Waals surface area (Å²) >= 11 is 12.5. The van der Waals surface area contributed by atoms with Crippen LogP contribution < -0.4 is 0 Å². The van der Waals surface area contributed by atoms with Crippen molar-refractivity contribution in [1.29, 1.82) is 0 Å². The van der Waals surface area contributed by atoms with Crippen LogP contribution in [0.25, 0.3) is 0 Å². The van der Waals surface area contributed by atoms with Gasteiger partial charge < -0.3 is 0 Å². The molecule has 0 aliphatic rings. The van der Waals surface area contributed by atoms with E-state index in [-0.39, 0.29) is 16.0 Å². The molecular formula is C8H9Cl2NOS. The van der Waals surface area contributed by atoms with Crippen LogP contribution in [0, 0.1) is 5.41 Å². The maximum absolute atomic E-state index is 11.7. The Hall–Kier alpha value is -0.120. The second-order valence-corrected chi connectivity index (χ2v) is 5.20. The monoisotopic (exact) mass is 237 g/mol. The summed E-state index contributed by atoms with van der Waals surface area (Å²) in [4.78, 5) is 12.2. The fourth-order valence-electron chi connectivity index (χ4n) is 0.741. The summed E-state index contributed by atoms with van der Waals surface area (Å²) in [6.45, 7) is 5.50. The van der Waals surface area contributed by atoms with Crippen LogP contribution in [-0.2, 0) is 0 Å². The van der Waals surface area contributed by atoms with Gasteiger partial charge in [0.1, 0.15) is 9.90 Å². The van der Waals surface area contributed by atoms with E-state index in [1.807, 2.05) is 20.8 Å². The van der Waals surface area contributed by atoms with Gasteiger partial charge in [0.15, 0.2) is 10.9 Å². The Bertz CT molecular complexity index is 340. The minimum Gasteiger partial charge on any atom is -0.293 e. The molecule has 0 bridgehead atoms. The normalized spacial score (nSPS) is 11.8. The molecule has 0 fully saturated rings. The first-order chi connectivity index (χ1) is 5.84. The molecule has 0 aliphatic heterocycles. The molecule has 2 nitrogen and oxygen atoms in total. The molecule has 1 rings (SSSR count). The van der Waals surface area contributed by atoms with E-state index in [4.69, 9.17) is 23.2 Å². The van der Waals surface area contributed by atoms with Crippen molar-refractivity contribution in [1.82, 2.24) is 4.37 Å². The highest BCUT2D eigenvalue weighted by atomic mass is 35.5. The molecule has 0 aromatic carbocycles. The Morgan fingerprint density at radius 2 is 1.92 bits per heavy atom. The van der Waals surface area contributed by atoms with Crippen molar-refractivity contribution in [3.63, 3.8) is 0 Å². The van der Waals surface area contributed by atoms with Crippen LogP contribution in [0.5, 0.6) is 0 Å². The second-order valence-electron chi connectivity index (χ2n) is 3.70. The molecule has 0 aliphatic carbocycles. The van der Waals surface area contributed by atoms with Crippen LogP contribution in [0.4, 0.5) is 0 Å². The van der Waals surface area contributed by atoms with Crippen molar-refractivity contribution in [3.05, 3.63) is 15.1 Å². The lowest BCUT2D eigenvalue weighted by Crippen LogP contribution is -2.19. The summed E-state index contributed by atoms with van der Waals surface area (Å²) in [5.41, 5.74) is -0.445. The summed E-state index contributed by atoms with van der Waals surface area (Å²) in [5.74, 6) is -0.0260. The van der Waals surface area contributed by atoms with Crippen LogP contribution in [0.2, 0.25) is 10.2 Å². The number of nitrogens with zero attached hydrogens (tertiary/aromatic N) is 1. The number of aromatic nitrogens is 1. The van der Waals surface area contributed by atoms with Gasteiger partial charge in [0.2, 0.25) is 0 Å². The minimum atomic E-state index is -0.445. The van der Waals surface area contributed by atoms with Gasteiger partial charge in [-0.3, -0.25) is 4.79 Å². The Morgan fingerprint density at radius 3 is 2.23 bits per heavy atom. The zero-order valence-electron chi connectivity index (χ0n) is 7.52. The summed E-state index contributed by atoms with van der Waals surface area (Å²) in [6, 6.07) is 0. The van der Waals surface area contributed by atoms with Gasteiger partial charge in [-0.15, -0.1) is 0 Å². The topological polar surface area (TPSA) is 30.0 Å². The van der Waals surface area contributed by atoms with Gasteiger partial charge in [-0.05, 0) is 11.5 Å². The van der Waals surface area contributed by atoms with Crippen molar-refractivity contribution < 1.29 is 4.79 Å². The van der Waals surface area contributed by atoms with Gasteiger partial charge in [0.05, 0.1) is 0 Å². The fourth-order valence-corrected chi connectivity index (χ4v) is 2.11. The molecule has 0 amide bonds. The molecule has 0 atom stereocenters. The number of carbonyl (C=O) groups excluding carboxylic acids is 1. The first-order valence-electron chi connectivity index (χ1n) is 3.69. The summed E-state index contributed by atoms with van der Waals surface area (Å²) in [6.07, 6.45) is 0. The number of halogens is 2. The lowest BCUT2D eigenvalue weighted by atomic mass is 9.90. The van der Waals surface area contributed by atoms with Gasteiger partial charge in [0, 0.05) is 5.41 Å². The summed E-state index contributed by atoms with van der Waals surface area (Å²) < 4.78 is 3.81. The molecule has 0 saturated heterocycles. The average Bonchev–Trinajstić information content (AvgIpc) is 2.30. The molecule has 0 N–H and O–H groups in total. The second kappa shape index (κ2) is 3.56. The highest BCUT2D eigenvalue weighted by Crippen LogP contribution is 2.33. The fraction of sp³-hybridized carbons (Fsp3) is 0.500. The Labute approximate surface area is 91.0 Å². The van der Waals surface area contributed by atoms with Crippen molar-refractivity contribution in [3.8, 4) is 0 Å². The number of ketones is 1. The largest absolute Gasteiger partial charge is 0.293 e. The molecule has 1 aromatic rings. The van der Waals surface area contributed by atoms with E-state index < -0.39 is 5.41 Å². The Morgan fingerprint density at radius 1 is 1.38 bits per heavy atom. The highest BCUT2D eigenvalue weighted by molar-refractivity contribution is 7.09. The summed E-state index contributed by atoms with van der Waals surface area (Å²) in [5, 5.41) is 0.478. The van der Waals surface area contributed by atoms with Gasteiger partial charge in [-0.2, -0.15) is 4.37 Å². The SMILES string of the molecule is CC(C)(C)C(=O)c1snc(Cl)c1Cl. The smallest absolute Gasteiger partial charge is 0.181 e. The van der Waals surface area contributed by atoms with Crippen LogP contribution in [0.15, 0.2) is 0 Å². The third kappa shape index (κ3) is 2.22. The first-order valence-corrected chi connectivity index (χ1v) is 5.22. The maximum Gasteiger partial charge on any atom is 0.181 e. The predicted molar refractivity (Wildman–Crippen MR) is 55.9 cm³/mol. The van der Waals surface area contributed by atoms with Crippen molar-refractivity contribution in [2.75, 3.05) is 0 Å². The molecule has 5 heteroatoms. The van der Waals surface area contributed by atoms with E-state index in [9.17, 15) is 4.79 Å².